The number of Topliss-reactive ketones (excluding diaryl/α,β-unsaturated/α-hetero) is 1. The minimum absolute atomic E-state index is 0.144. The fourth-order valence-corrected chi connectivity index (χ4v) is 5.25. The lowest BCUT2D eigenvalue weighted by atomic mass is 9.51. The van der Waals surface area contributed by atoms with Gasteiger partial charge in [-0.05, 0) is 67.9 Å². The van der Waals surface area contributed by atoms with Crippen LogP contribution in [-0.2, 0) is 0 Å². The molecule has 0 aliphatic heterocycles. The van der Waals surface area contributed by atoms with Gasteiger partial charge in [0.2, 0.25) is 0 Å². The molecule has 0 radical (unpaired) electrons. The SMILES string of the molecule is O=C(c1c(F)cccc1F)C1C2CC3CC(C2)CC1C3. The van der Waals surface area contributed by atoms with E-state index >= 15 is 0 Å². The highest BCUT2D eigenvalue weighted by atomic mass is 19.1. The first-order chi connectivity index (χ1) is 9.63. The van der Waals surface area contributed by atoms with Gasteiger partial charge in [-0.15, -0.1) is 0 Å². The van der Waals surface area contributed by atoms with Crippen LogP contribution in [0.15, 0.2) is 18.2 Å². The lowest BCUT2D eigenvalue weighted by molar-refractivity contribution is -0.0254. The van der Waals surface area contributed by atoms with E-state index in [2.05, 4.69) is 0 Å². The Labute approximate surface area is 117 Å². The monoisotopic (exact) mass is 276 g/mol. The van der Waals surface area contributed by atoms with Crippen molar-refractivity contribution in [1.29, 1.82) is 0 Å². The van der Waals surface area contributed by atoms with Crippen LogP contribution in [0.2, 0.25) is 0 Å². The largest absolute Gasteiger partial charge is 0.294 e. The van der Waals surface area contributed by atoms with Crippen molar-refractivity contribution in [2.75, 3.05) is 0 Å². The van der Waals surface area contributed by atoms with Gasteiger partial charge in [0.1, 0.15) is 11.6 Å². The van der Waals surface area contributed by atoms with Gasteiger partial charge in [-0.1, -0.05) is 6.07 Å². The standard InChI is InChI=1S/C17H18F2O/c18-13-2-1-3-14(19)16(13)17(20)15-11-5-9-4-10(7-11)8-12(15)6-9/h1-3,9-12,15H,4-8H2. The van der Waals surface area contributed by atoms with Crippen LogP contribution in [0.3, 0.4) is 0 Å². The van der Waals surface area contributed by atoms with Gasteiger partial charge in [0.25, 0.3) is 0 Å². The lowest BCUT2D eigenvalue weighted by Crippen LogP contribution is -2.48. The number of ketones is 1. The van der Waals surface area contributed by atoms with E-state index in [1.807, 2.05) is 0 Å². The third kappa shape index (κ3) is 1.75. The van der Waals surface area contributed by atoms with Gasteiger partial charge < -0.3 is 0 Å². The lowest BCUT2D eigenvalue weighted by Gasteiger charge is -2.53. The molecule has 20 heavy (non-hydrogen) atoms. The molecule has 4 bridgehead atoms. The molecular weight excluding hydrogens is 258 g/mol. The number of carbonyl (C=O) groups is 1. The van der Waals surface area contributed by atoms with Crippen LogP contribution >= 0.6 is 0 Å². The number of halogens is 2. The van der Waals surface area contributed by atoms with Crippen molar-refractivity contribution in [2.45, 2.75) is 32.1 Å². The predicted molar refractivity (Wildman–Crippen MR) is 71.2 cm³/mol. The van der Waals surface area contributed by atoms with E-state index < -0.39 is 11.6 Å². The fraction of sp³-hybridized carbons (Fsp3) is 0.588. The molecule has 1 aromatic rings. The summed E-state index contributed by atoms with van der Waals surface area (Å²) >= 11 is 0. The second-order valence-corrected chi connectivity index (χ2v) is 6.92. The normalized spacial score (nSPS) is 38.2. The number of hydrogen-bond donors (Lipinski definition) is 0. The van der Waals surface area contributed by atoms with Gasteiger partial charge in [-0.25, -0.2) is 8.78 Å². The Morgan fingerprint density at radius 3 is 1.90 bits per heavy atom. The Kier molecular flexibility index (Phi) is 2.73. The van der Waals surface area contributed by atoms with Crippen molar-refractivity contribution in [3.05, 3.63) is 35.4 Å². The molecule has 0 amide bonds. The molecule has 0 heterocycles. The maximum Gasteiger partial charge on any atom is 0.172 e. The van der Waals surface area contributed by atoms with Gasteiger partial charge in [-0.2, -0.15) is 0 Å². The third-order valence-electron chi connectivity index (χ3n) is 5.74. The highest BCUT2D eigenvalue weighted by Crippen LogP contribution is 2.57. The van der Waals surface area contributed by atoms with Crippen LogP contribution in [0.5, 0.6) is 0 Å². The van der Waals surface area contributed by atoms with Gasteiger partial charge >= 0.3 is 0 Å². The summed E-state index contributed by atoms with van der Waals surface area (Å²) in [4.78, 5) is 12.7. The molecular formula is C17H18F2O. The van der Waals surface area contributed by atoms with Gasteiger partial charge in [0.15, 0.2) is 5.78 Å². The molecule has 5 rings (SSSR count). The van der Waals surface area contributed by atoms with Crippen LogP contribution in [0.25, 0.3) is 0 Å². The molecule has 106 valence electrons. The molecule has 0 saturated heterocycles. The van der Waals surface area contributed by atoms with Crippen molar-refractivity contribution >= 4 is 5.78 Å². The Morgan fingerprint density at radius 2 is 1.40 bits per heavy atom. The summed E-state index contributed by atoms with van der Waals surface area (Å²) in [5, 5.41) is 0. The van der Waals surface area contributed by atoms with Crippen LogP contribution in [0.4, 0.5) is 8.78 Å². The Morgan fingerprint density at radius 1 is 0.900 bits per heavy atom. The number of hydrogen-bond acceptors (Lipinski definition) is 1. The summed E-state index contributed by atoms with van der Waals surface area (Å²) in [7, 11) is 0. The molecule has 4 saturated carbocycles. The highest BCUT2D eigenvalue weighted by Gasteiger charge is 2.51. The first-order valence-corrected chi connectivity index (χ1v) is 7.61. The zero-order valence-electron chi connectivity index (χ0n) is 11.3. The summed E-state index contributed by atoms with van der Waals surface area (Å²) in [6.45, 7) is 0. The predicted octanol–water partition coefficient (Wildman–Crippen LogP) is 4.22. The molecule has 0 unspecified atom stereocenters. The van der Waals surface area contributed by atoms with E-state index in [4.69, 9.17) is 0 Å². The van der Waals surface area contributed by atoms with Crippen molar-refractivity contribution in [1.82, 2.24) is 0 Å². The van der Waals surface area contributed by atoms with Crippen LogP contribution in [0.1, 0.15) is 42.5 Å². The van der Waals surface area contributed by atoms with E-state index in [0.717, 1.165) is 37.5 Å². The number of benzene rings is 1. The summed E-state index contributed by atoms with van der Waals surface area (Å²) in [5.74, 6) is 0.394. The smallest absolute Gasteiger partial charge is 0.172 e. The Bertz CT molecular complexity index is 518. The molecule has 0 atom stereocenters. The van der Waals surface area contributed by atoms with Crippen molar-refractivity contribution in [2.24, 2.45) is 29.6 Å². The number of rotatable bonds is 2. The zero-order chi connectivity index (χ0) is 13.9. The summed E-state index contributed by atoms with van der Waals surface area (Å²) in [6, 6.07) is 3.69. The Balaban J connectivity index is 1.69. The van der Waals surface area contributed by atoms with Gasteiger partial charge in [0.05, 0.1) is 5.56 Å². The molecule has 4 aliphatic rings. The second kappa shape index (κ2) is 4.37. The molecule has 3 heteroatoms. The van der Waals surface area contributed by atoms with Gasteiger partial charge in [0, 0.05) is 5.92 Å². The third-order valence-corrected chi connectivity index (χ3v) is 5.74. The molecule has 1 aromatic carbocycles. The number of carbonyl (C=O) groups excluding carboxylic acids is 1. The molecule has 4 fully saturated rings. The van der Waals surface area contributed by atoms with Crippen molar-refractivity contribution < 1.29 is 13.6 Å². The van der Waals surface area contributed by atoms with Gasteiger partial charge in [-0.3, -0.25) is 4.79 Å². The fourth-order valence-electron chi connectivity index (χ4n) is 5.25. The summed E-state index contributed by atoms with van der Waals surface area (Å²) in [5.41, 5.74) is -0.301. The molecule has 1 nitrogen and oxygen atoms in total. The maximum absolute atomic E-state index is 13.9. The van der Waals surface area contributed by atoms with Crippen LogP contribution in [0, 0.1) is 41.2 Å². The zero-order valence-corrected chi connectivity index (χ0v) is 11.3. The maximum atomic E-state index is 13.9. The minimum atomic E-state index is -0.705. The summed E-state index contributed by atoms with van der Waals surface area (Å²) < 4.78 is 27.7. The van der Waals surface area contributed by atoms with E-state index in [-0.39, 0.29) is 17.3 Å². The second-order valence-electron chi connectivity index (χ2n) is 6.92. The molecule has 0 aromatic heterocycles. The quantitative estimate of drug-likeness (QED) is 0.739. The molecule has 0 N–H and O–H groups in total. The van der Waals surface area contributed by atoms with E-state index in [0.29, 0.717) is 11.8 Å². The topological polar surface area (TPSA) is 17.1 Å². The molecule has 4 aliphatic carbocycles. The van der Waals surface area contributed by atoms with E-state index in [1.54, 1.807) is 0 Å². The summed E-state index contributed by atoms with van der Waals surface area (Å²) in [6.07, 6.45) is 5.64. The first-order valence-electron chi connectivity index (χ1n) is 7.61. The van der Waals surface area contributed by atoms with Crippen molar-refractivity contribution in [3.63, 3.8) is 0 Å². The van der Waals surface area contributed by atoms with E-state index in [1.165, 1.54) is 24.6 Å². The first kappa shape index (κ1) is 12.5. The average molecular weight is 276 g/mol. The van der Waals surface area contributed by atoms with E-state index in [9.17, 15) is 13.6 Å². The minimum Gasteiger partial charge on any atom is -0.294 e. The van der Waals surface area contributed by atoms with Crippen LogP contribution in [-0.4, -0.2) is 5.78 Å². The van der Waals surface area contributed by atoms with Crippen molar-refractivity contribution in [3.8, 4) is 0 Å². The highest BCUT2D eigenvalue weighted by molar-refractivity contribution is 5.98. The average Bonchev–Trinajstić information content (AvgIpc) is 2.37. The van der Waals surface area contributed by atoms with Crippen LogP contribution < -0.4 is 0 Å². The Hall–Kier alpha value is -1.25. The molecule has 0 spiro atoms.